The molecule has 1 amide bonds. The molecule has 1 aliphatic heterocycles. The number of carboxylic acid groups (broad SMARTS) is 1. The second-order valence-electron chi connectivity index (χ2n) is 6.58. The third-order valence-corrected chi connectivity index (χ3v) is 3.80. The fraction of sp³-hybridized carbons (Fsp3) is 0.529. The van der Waals surface area contributed by atoms with E-state index in [1.165, 1.54) is 0 Å². The molecule has 23 heavy (non-hydrogen) atoms. The number of carbonyl (C=O) groups excluding carboxylic acids is 1. The van der Waals surface area contributed by atoms with Crippen LogP contribution in [-0.2, 0) is 14.3 Å². The van der Waals surface area contributed by atoms with Crippen molar-refractivity contribution in [1.29, 1.82) is 0 Å². The van der Waals surface area contributed by atoms with E-state index < -0.39 is 11.4 Å². The summed E-state index contributed by atoms with van der Waals surface area (Å²) in [6.45, 7) is 6.50. The van der Waals surface area contributed by atoms with Gasteiger partial charge in [0.15, 0.2) is 0 Å². The van der Waals surface area contributed by atoms with Crippen LogP contribution in [0.1, 0.15) is 26.7 Å². The number of benzene rings is 1. The molecule has 1 saturated heterocycles. The van der Waals surface area contributed by atoms with Crippen molar-refractivity contribution in [3.05, 3.63) is 24.3 Å². The average Bonchev–Trinajstić information content (AvgIpc) is 2.46. The van der Waals surface area contributed by atoms with Gasteiger partial charge in [-0.2, -0.15) is 0 Å². The molecule has 0 bridgehead atoms. The monoisotopic (exact) mass is 320 g/mol. The predicted molar refractivity (Wildman–Crippen MR) is 88.8 cm³/mol. The van der Waals surface area contributed by atoms with Gasteiger partial charge >= 0.3 is 5.97 Å². The standard InChI is InChI=1S/C17H24N2O4/c1-17(2,12-16(21)22)11-15(20)18-13-5-3-4-6-14(13)19-7-9-23-10-8-19/h3-6H,7-12H2,1-2H3,(H,18,20)(H,21,22). The van der Waals surface area contributed by atoms with Crippen LogP contribution in [-0.4, -0.2) is 43.3 Å². The summed E-state index contributed by atoms with van der Waals surface area (Å²) in [4.78, 5) is 25.3. The number of morpholine rings is 1. The quantitative estimate of drug-likeness (QED) is 0.841. The number of carboxylic acids is 1. The van der Waals surface area contributed by atoms with Gasteiger partial charge in [-0.3, -0.25) is 9.59 Å². The van der Waals surface area contributed by atoms with Crippen molar-refractivity contribution in [2.24, 2.45) is 5.41 Å². The highest BCUT2D eigenvalue weighted by molar-refractivity contribution is 5.95. The Morgan fingerprint density at radius 2 is 1.87 bits per heavy atom. The van der Waals surface area contributed by atoms with Gasteiger partial charge in [-0.15, -0.1) is 0 Å². The van der Waals surface area contributed by atoms with Crippen molar-refractivity contribution >= 4 is 23.3 Å². The number of ether oxygens (including phenoxy) is 1. The van der Waals surface area contributed by atoms with Crippen LogP contribution in [0.15, 0.2) is 24.3 Å². The molecule has 1 heterocycles. The minimum atomic E-state index is -0.892. The second kappa shape index (κ2) is 7.46. The van der Waals surface area contributed by atoms with Crippen LogP contribution in [0, 0.1) is 5.41 Å². The van der Waals surface area contributed by atoms with E-state index in [0.29, 0.717) is 13.2 Å². The molecule has 0 radical (unpaired) electrons. The Morgan fingerprint density at radius 1 is 1.22 bits per heavy atom. The van der Waals surface area contributed by atoms with Crippen molar-refractivity contribution in [2.75, 3.05) is 36.5 Å². The first-order chi connectivity index (χ1) is 10.9. The number of hydrogen-bond acceptors (Lipinski definition) is 4. The molecule has 6 nitrogen and oxygen atoms in total. The minimum absolute atomic E-state index is 0.0362. The van der Waals surface area contributed by atoms with E-state index >= 15 is 0 Å². The Kier molecular flexibility index (Phi) is 5.60. The summed E-state index contributed by atoms with van der Waals surface area (Å²) in [5.41, 5.74) is 1.15. The number of para-hydroxylation sites is 2. The molecule has 1 fully saturated rings. The average molecular weight is 320 g/mol. The molecule has 0 spiro atoms. The van der Waals surface area contributed by atoms with Gasteiger partial charge in [0.05, 0.1) is 31.0 Å². The fourth-order valence-corrected chi connectivity index (χ4v) is 2.76. The molecular formula is C17H24N2O4. The van der Waals surface area contributed by atoms with E-state index in [2.05, 4.69) is 10.2 Å². The first-order valence-electron chi connectivity index (χ1n) is 7.81. The maximum atomic E-state index is 12.3. The van der Waals surface area contributed by atoms with Gasteiger partial charge < -0.3 is 20.1 Å². The van der Waals surface area contributed by atoms with E-state index in [0.717, 1.165) is 24.5 Å². The molecule has 2 N–H and O–H groups in total. The van der Waals surface area contributed by atoms with Gasteiger partial charge in [-0.1, -0.05) is 26.0 Å². The van der Waals surface area contributed by atoms with Crippen LogP contribution in [0.3, 0.4) is 0 Å². The lowest BCUT2D eigenvalue weighted by molar-refractivity contribution is -0.139. The molecule has 0 aliphatic carbocycles. The maximum Gasteiger partial charge on any atom is 0.303 e. The minimum Gasteiger partial charge on any atom is -0.481 e. The number of hydrogen-bond donors (Lipinski definition) is 2. The SMILES string of the molecule is CC(C)(CC(=O)O)CC(=O)Nc1ccccc1N1CCOCC1. The zero-order valence-corrected chi connectivity index (χ0v) is 13.7. The first-order valence-corrected chi connectivity index (χ1v) is 7.81. The summed E-state index contributed by atoms with van der Waals surface area (Å²) < 4.78 is 5.36. The molecule has 0 unspecified atom stereocenters. The van der Waals surface area contributed by atoms with E-state index in [9.17, 15) is 9.59 Å². The number of nitrogens with one attached hydrogen (secondary N) is 1. The van der Waals surface area contributed by atoms with Crippen LogP contribution in [0.4, 0.5) is 11.4 Å². The van der Waals surface area contributed by atoms with Gasteiger partial charge in [0.1, 0.15) is 0 Å². The third-order valence-electron chi connectivity index (χ3n) is 3.80. The van der Waals surface area contributed by atoms with Gasteiger partial charge in [0, 0.05) is 19.5 Å². The molecule has 126 valence electrons. The van der Waals surface area contributed by atoms with Crippen LogP contribution in [0.5, 0.6) is 0 Å². The topological polar surface area (TPSA) is 78.9 Å². The molecule has 0 saturated carbocycles. The van der Waals surface area contributed by atoms with Crippen molar-refractivity contribution in [1.82, 2.24) is 0 Å². The molecule has 1 aromatic carbocycles. The second-order valence-corrected chi connectivity index (χ2v) is 6.58. The first kappa shape index (κ1) is 17.3. The number of anilines is 2. The van der Waals surface area contributed by atoms with Gasteiger partial charge in [-0.25, -0.2) is 0 Å². The Morgan fingerprint density at radius 3 is 2.52 bits per heavy atom. The molecule has 1 aromatic rings. The molecular weight excluding hydrogens is 296 g/mol. The van der Waals surface area contributed by atoms with Crippen molar-refractivity contribution in [2.45, 2.75) is 26.7 Å². The van der Waals surface area contributed by atoms with E-state index in [1.807, 2.05) is 24.3 Å². The summed E-state index contributed by atoms with van der Waals surface area (Å²) in [6, 6.07) is 7.66. The lowest BCUT2D eigenvalue weighted by Crippen LogP contribution is -2.36. The number of carbonyl (C=O) groups is 2. The largest absolute Gasteiger partial charge is 0.481 e. The lowest BCUT2D eigenvalue weighted by Gasteiger charge is -2.30. The van der Waals surface area contributed by atoms with Gasteiger partial charge in [0.25, 0.3) is 0 Å². The number of aliphatic carboxylic acids is 1. The van der Waals surface area contributed by atoms with Crippen molar-refractivity contribution in [3.63, 3.8) is 0 Å². The Labute approximate surface area is 136 Å². The summed E-state index contributed by atoms with van der Waals surface area (Å²) in [5, 5.41) is 11.8. The molecule has 0 atom stereocenters. The zero-order chi connectivity index (χ0) is 16.9. The van der Waals surface area contributed by atoms with Crippen LogP contribution in [0.2, 0.25) is 0 Å². The highest BCUT2D eigenvalue weighted by Crippen LogP contribution is 2.29. The predicted octanol–water partition coefficient (Wildman–Crippen LogP) is 2.35. The van der Waals surface area contributed by atoms with Crippen LogP contribution >= 0.6 is 0 Å². The summed E-state index contributed by atoms with van der Waals surface area (Å²) >= 11 is 0. The van der Waals surface area contributed by atoms with Gasteiger partial charge in [0.2, 0.25) is 5.91 Å². The highest BCUT2D eigenvalue weighted by atomic mass is 16.5. The van der Waals surface area contributed by atoms with Crippen molar-refractivity contribution in [3.8, 4) is 0 Å². The summed E-state index contributed by atoms with van der Waals surface area (Å²) in [7, 11) is 0. The van der Waals surface area contributed by atoms with E-state index in [-0.39, 0.29) is 18.7 Å². The van der Waals surface area contributed by atoms with E-state index in [1.54, 1.807) is 13.8 Å². The Hall–Kier alpha value is -2.08. The highest BCUT2D eigenvalue weighted by Gasteiger charge is 2.26. The fourth-order valence-electron chi connectivity index (χ4n) is 2.76. The Balaban J connectivity index is 2.04. The van der Waals surface area contributed by atoms with Gasteiger partial charge in [-0.05, 0) is 17.5 Å². The smallest absolute Gasteiger partial charge is 0.303 e. The van der Waals surface area contributed by atoms with E-state index in [4.69, 9.17) is 9.84 Å². The third kappa shape index (κ3) is 5.25. The summed E-state index contributed by atoms with van der Waals surface area (Å²) in [5.74, 6) is -1.06. The number of amides is 1. The van der Waals surface area contributed by atoms with Crippen LogP contribution in [0.25, 0.3) is 0 Å². The normalized spacial score (nSPS) is 15.3. The Bertz CT molecular complexity index is 565. The number of rotatable bonds is 6. The summed E-state index contributed by atoms with van der Waals surface area (Å²) in [6.07, 6.45) is 0.127. The molecule has 0 aromatic heterocycles. The lowest BCUT2D eigenvalue weighted by atomic mass is 9.85. The molecule has 2 rings (SSSR count). The van der Waals surface area contributed by atoms with Crippen molar-refractivity contribution < 1.29 is 19.4 Å². The number of nitrogens with zero attached hydrogens (tertiary/aromatic N) is 1. The van der Waals surface area contributed by atoms with Crippen LogP contribution < -0.4 is 10.2 Å². The zero-order valence-electron chi connectivity index (χ0n) is 13.7. The molecule has 6 heteroatoms. The maximum absolute atomic E-state index is 12.3. The molecule has 1 aliphatic rings.